The Morgan fingerprint density at radius 3 is 2.56 bits per heavy atom. The third kappa shape index (κ3) is 6.04. The molecule has 0 unspecified atom stereocenters. The van der Waals surface area contributed by atoms with Crippen molar-refractivity contribution in [1.29, 1.82) is 0 Å². The Balaban J connectivity index is 1.81. The van der Waals surface area contributed by atoms with Gasteiger partial charge in [0.2, 0.25) is 5.95 Å². The van der Waals surface area contributed by atoms with Crippen molar-refractivity contribution in [3.63, 3.8) is 0 Å². The minimum Gasteiger partial charge on any atom is -0.496 e. The predicted molar refractivity (Wildman–Crippen MR) is 98.1 cm³/mol. The van der Waals surface area contributed by atoms with Crippen molar-refractivity contribution in [2.24, 2.45) is 0 Å². The first kappa shape index (κ1) is 18.7. The Kier molecular flexibility index (Phi) is 7.16. The second-order valence-electron chi connectivity index (χ2n) is 5.84. The van der Waals surface area contributed by atoms with Gasteiger partial charge in [-0.05, 0) is 32.1 Å². The van der Waals surface area contributed by atoms with Crippen LogP contribution >= 0.6 is 0 Å². The second kappa shape index (κ2) is 9.58. The molecule has 25 heavy (non-hydrogen) atoms. The highest BCUT2D eigenvalue weighted by atomic mass is 16.5. The lowest BCUT2D eigenvalue weighted by molar-refractivity contribution is 0.0950. The SMILES string of the molecule is COc1ccccc1CCNc1ncc(C(=O)NCCN(C)C)cn1. The van der Waals surface area contributed by atoms with Gasteiger partial charge in [0.25, 0.3) is 5.91 Å². The molecule has 0 aliphatic carbocycles. The fraction of sp³-hybridized carbons (Fsp3) is 0.389. The number of anilines is 1. The third-order valence-electron chi connectivity index (χ3n) is 3.63. The Morgan fingerprint density at radius 1 is 1.16 bits per heavy atom. The molecule has 0 radical (unpaired) electrons. The highest BCUT2D eigenvalue weighted by Crippen LogP contribution is 2.17. The smallest absolute Gasteiger partial charge is 0.254 e. The molecule has 1 heterocycles. The summed E-state index contributed by atoms with van der Waals surface area (Å²) in [6, 6.07) is 7.90. The molecule has 0 fully saturated rings. The first-order valence-corrected chi connectivity index (χ1v) is 8.21. The fourth-order valence-corrected chi connectivity index (χ4v) is 2.25. The van der Waals surface area contributed by atoms with Gasteiger partial charge in [0.05, 0.1) is 12.7 Å². The quantitative estimate of drug-likeness (QED) is 0.717. The van der Waals surface area contributed by atoms with Gasteiger partial charge in [-0.25, -0.2) is 9.97 Å². The fourth-order valence-electron chi connectivity index (χ4n) is 2.25. The molecular weight excluding hydrogens is 318 g/mol. The number of para-hydroxylation sites is 1. The van der Waals surface area contributed by atoms with Gasteiger partial charge in [0.1, 0.15) is 5.75 Å². The van der Waals surface area contributed by atoms with Gasteiger partial charge < -0.3 is 20.3 Å². The molecule has 7 nitrogen and oxygen atoms in total. The van der Waals surface area contributed by atoms with Crippen LogP contribution in [-0.2, 0) is 6.42 Å². The van der Waals surface area contributed by atoms with Crippen molar-refractivity contribution < 1.29 is 9.53 Å². The number of hydrogen-bond donors (Lipinski definition) is 2. The molecule has 7 heteroatoms. The van der Waals surface area contributed by atoms with E-state index >= 15 is 0 Å². The van der Waals surface area contributed by atoms with E-state index in [1.165, 1.54) is 12.4 Å². The van der Waals surface area contributed by atoms with Crippen molar-refractivity contribution in [3.05, 3.63) is 47.8 Å². The maximum absolute atomic E-state index is 12.0. The van der Waals surface area contributed by atoms with Gasteiger partial charge in [-0.15, -0.1) is 0 Å². The van der Waals surface area contributed by atoms with E-state index in [9.17, 15) is 4.79 Å². The number of carbonyl (C=O) groups excluding carboxylic acids is 1. The number of methoxy groups -OCH3 is 1. The summed E-state index contributed by atoms with van der Waals surface area (Å²) in [6.45, 7) is 2.05. The van der Waals surface area contributed by atoms with Gasteiger partial charge in [0.15, 0.2) is 0 Å². The standard InChI is InChI=1S/C18H25N5O2/c1-23(2)11-10-19-17(24)15-12-21-18(22-13-15)20-9-8-14-6-4-5-7-16(14)25-3/h4-7,12-13H,8-11H2,1-3H3,(H,19,24)(H,20,21,22). The van der Waals surface area contributed by atoms with E-state index in [0.29, 0.717) is 24.6 Å². The van der Waals surface area contributed by atoms with Crippen molar-refractivity contribution in [2.45, 2.75) is 6.42 Å². The van der Waals surface area contributed by atoms with E-state index in [4.69, 9.17) is 4.74 Å². The van der Waals surface area contributed by atoms with Crippen LogP contribution in [-0.4, -0.2) is 61.6 Å². The summed E-state index contributed by atoms with van der Waals surface area (Å²) in [5.74, 6) is 1.21. The molecule has 0 spiro atoms. The minimum atomic E-state index is -0.164. The largest absolute Gasteiger partial charge is 0.496 e. The first-order chi connectivity index (χ1) is 12.1. The van der Waals surface area contributed by atoms with Crippen LogP contribution in [0, 0.1) is 0 Å². The summed E-state index contributed by atoms with van der Waals surface area (Å²) >= 11 is 0. The molecule has 2 rings (SSSR count). The predicted octanol–water partition coefficient (Wildman–Crippen LogP) is 1.43. The normalized spacial score (nSPS) is 10.6. The van der Waals surface area contributed by atoms with Crippen LogP contribution in [0.2, 0.25) is 0 Å². The molecule has 2 N–H and O–H groups in total. The summed E-state index contributed by atoms with van der Waals surface area (Å²) in [6.07, 6.45) is 3.85. The van der Waals surface area contributed by atoms with E-state index in [1.54, 1.807) is 7.11 Å². The number of aromatic nitrogens is 2. The number of carbonyl (C=O) groups is 1. The average molecular weight is 343 g/mol. The van der Waals surface area contributed by atoms with Crippen LogP contribution < -0.4 is 15.4 Å². The number of hydrogen-bond acceptors (Lipinski definition) is 6. The molecule has 0 atom stereocenters. The van der Waals surface area contributed by atoms with Crippen molar-refractivity contribution >= 4 is 11.9 Å². The van der Waals surface area contributed by atoms with Gasteiger partial charge in [-0.2, -0.15) is 0 Å². The molecule has 0 saturated heterocycles. The van der Waals surface area contributed by atoms with Crippen LogP contribution in [0.25, 0.3) is 0 Å². The van der Waals surface area contributed by atoms with Gasteiger partial charge in [0, 0.05) is 32.0 Å². The number of benzene rings is 1. The number of nitrogens with one attached hydrogen (secondary N) is 2. The molecule has 1 aromatic carbocycles. The van der Waals surface area contributed by atoms with E-state index in [0.717, 1.165) is 24.3 Å². The van der Waals surface area contributed by atoms with Crippen molar-refractivity contribution in [2.75, 3.05) is 46.2 Å². The summed E-state index contributed by atoms with van der Waals surface area (Å²) < 4.78 is 5.33. The molecule has 134 valence electrons. The molecule has 1 amide bonds. The molecule has 1 aromatic heterocycles. The number of ether oxygens (including phenoxy) is 1. The summed E-state index contributed by atoms with van der Waals surface area (Å²) in [5, 5.41) is 5.98. The highest BCUT2D eigenvalue weighted by molar-refractivity contribution is 5.93. The number of amides is 1. The molecule has 0 aliphatic heterocycles. The number of rotatable bonds is 9. The Bertz CT molecular complexity index is 673. The van der Waals surface area contributed by atoms with E-state index in [-0.39, 0.29) is 5.91 Å². The maximum atomic E-state index is 12.0. The van der Waals surface area contributed by atoms with Crippen LogP contribution in [0.1, 0.15) is 15.9 Å². The van der Waals surface area contributed by atoms with Crippen molar-refractivity contribution in [1.82, 2.24) is 20.2 Å². The minimum absolute atomic E-state index is 0.164. The summed E-state index contributed by atoms with van der Waals surface area (Å²) in [7, 11) is 5.58. The number of nitrogens with zero attached hydrogens (tertiary/aromatic N) is 3. The lowest BCUT2D eigenvalue weighted by Gasteiger charge is -2.10. The zero-order valence-electron chi connectivity index (χ0n) is 15.0. The first-order valence-electron chi connectivity index (χ1n) is 8.21. The molecule has 0 aliphatic rings. The average Bonchev–Trinajstić information content (AvgIpc) is 2.62. The van der Waals surface area contributed by atoms with Crippen LogP contribution in [0.4, 0.5) is 5.95 Å². The monoisotopic (exact) mass is 343 g/mol. The Hall–Kier alpha value is -2.67. The van der Waals surface area contributed by atoms with Gasteiger partial charge in [-0.3, -0.25) is 4.79 Å². The van der Waals surface area contributed by atoms with Crippen molar-refractivity contribution in [3.8, 4) is 5.75 Å². The lowest BCUT2D eigenvalue weighted by Crippen LogP contribution is -2.31. The van der Waals surface area contributed by atoms with Crippen LogP contribution in [0.5, 0.6) is 5.75 Å². The molecule has 2 aromatic rings. The summed E-state index contributed by atoms with van der Waals surface area (Å²) in [5.41, 5.74) is 1.57. The molecule has 0 bridgehead atoms. The zero-order chi connectivity index (χ0) is 18.1. The Morgan fingerprint density at radius 2 is 1.88 bits per heavy atom. The second-order valence-corrected chi connectivity index (χ2v) is 5.84. The third-order valence-corrected chi connectivity index (χ3v) is 3.63. The maximum Gasteiger partial charge on any atom is 0.254 e. The van der Waals surface area contributed by atoms with Crippen LogP contribution in [0.15, 0.2) is 36.7 Å². The number of likely N-dealkylation sites (N-methyl/N-ethyl adjacent to an activating group) is 1. The van der Waals surface area contributed by atoms with Gasteiger partial charge in [-0.1, -0.05) is 18.2 Å². The van der Waals surface area contributed by atoms with Gasteiger partial charge >= 0.3 is 0 Å². The van der Waals surface area contributed by atoms with E-state index in [1.807, 2.05) is 43.3 Å². The topological polar surface area (TPSA) is 79.4 Å². The van der Waals surface area contributed by atoms with E-state index in [2.05, 4.69) is 20.6 Å². The van der Waals surface area contributed by atoms with E-state index < -0.39 is 0 Å². The highest BCUT2D eigenvalue weighted by Gasteiger charge is 2.07. The van der Waals surface area contributed by atoms with Crippen LogP contribution in [0.3, 0.4) is 0 Å². The molecular formula is C18H25N5O2. The molecule has 0 saturated carbocycles. The lowest BCUT2D eigenvalue weighted by atomic mass is 10.1. The summed E-state index contributed by atoms with van der Waals surface area (Å²) in [4.78, 5) is 22.4. The Labute approximate surface area is 148 Å². The zero-order valence-corrected chi connectivity index (χ0v) is 15.0.